The van der Waals surface area contributed by atoms with Crippen molar-refractivity contribution < 1.29 is 78.7 Å². The Hall–Kier alpha value is 0.0334. The van der Waals surface area contributed by atoms with Crippen LogP contribution in [0, 0.1) is 17.8 Å². The van der Waals surface area contributed by atoms with Crippen LogP contribution in [0.2, 0.25) is 0 Å². The van der Waals surface area contributed by atoms with E-state index in [1.54, 1.807) is 0 Å². The summed E-state index contributed by atoms with van der Waals surface area (Å²) in [6.07, 6.45) is 9.31. The van der Waals surface area contributed by atoms with Crippen LogP contribution in [0.4, 0.5) is 0 Å². The summed E-state index contributed by atoms with van der Waals surface area (Å²) in [5, 5.41) is 29.8. The molecule has 0 aliphatic rings. The number of carbonyl (C=O) groups excluding carboxylic acids is 3. The Kier molecular flexibility index (Phi) is 40.9. The van der Waals surface area contributed by atoms with Gasteiger partial charge in [0.2, 0.25) is 0 Å². The Balaban J connectivity index is -0.000000110. The van der Waals surface area contributed by atoms with Gasteiger partial charge in [-0.05, 0) is 56.3 Å². The SMILES string of the molecule is CC(C)CCCCC(=O)[O-].CC(C)CCCCC(=O)[O-].CC(C)CCCCC(=O)[O-].[Na+].[Zn+2]. The predicted octanol–water partition coefficient (Wildman–Crippen LogP) is -0.140. The van der Waals surface area contributed by atoms with Crippen molar-refractivity contribution in [1.82, 2.24) is 0 Å². The first kappa shape index (κ1) is 42.2. The van der Waals surface area contributed by atoms with Crippen molar-refractivity contribution in [2.75, 3.05) is 0 Å². The van der Waals surface area contributed by atoms with Gasteiger partial charge in [-0.2, -0.15) is 0 Å². The molecule has 0 aromatic carbocycles. The van der Waals surface area contributed by atoms with Crippen molar-refractivity contribution in [3.05, 3.63) is 0 Å². The average molecular weight is 518 g/mol. The van der Waals surface area contributed by atoms with Gasteiger partial charge in [-0.3, -0.25) is 0 Å². The van der Waals surface area contributed by atoms with E-state index in [9.17, 15) is 29.7 Å². The van der Waals surface area contributed by atoms with Gasteiger partial charge in [-0.1, -0.05) is 80.1 Å². The van der Waals surface area contributed by atoms with Crippen molar-refractivity contribution >= 4 is 17.9 Å². The molecule has 180 valence electrons. The molecule has 0 rings (SSSR count). The standard InChI is InChI=1S/3C8H16O2.Na.Zn/c3*1-7(2)5-3-4-6-8(9)10;;/h3*7H,3-6H2,1-2H3,(H,9,10);;/q;;;+1;+2/p-3. The molecule has 0 amide bonds. The van der Waals surface area contributed by atoms with Crippen LogP contribution in [0.1, 0.15) is 119 Å². The smallest absolute Gasteiger partial charge is 0.550 e. The molecule has 0 fully saturated rings. The van der Waals surface area contributed by atoms with Gasteiger partial charge in [0.05, 0.1) is 0 Å². The summed E-state index contributed by atoms with van der Waals surface area (Å²) in [5.41, 5.74) is 0. The average Bonchev–Trinajstić information content (AvgIpc) is 2.60. The van der Waals surface area contributed by atoms with Gasteiger partial charge in [0.1, 0.15) is 0 Å². The van der Waals surface area contributed by atoms with Gasteiger partial charge in [-0.15, -0.1) is 0 Å². The molecule has 32 heavy (non-hydrogen) atoms. The zero-order valence-electron chi connectivity index (χ0n) is 21.9. The number of rotatable bonds is 15. The first-order chi connectivity index (χ1) is 13.9. The van der Waals surface area contributed by atoms with Crippen molar-refractivity contribution in [3.63, 3.8) is 0 Å². The van der Waals surface area contributed by atoms with E-state index in [2.05, 4.69) is 41.5 Å². The Labute approximate surface area is 231 Å². The van der Waals surface area contributed by atoms with E-state index in [1.165, 1.54) is 0 Å². The number of carbonyl (C=O) groups is 3. The number of hydrogen-bond acceptors (Lipinski definition) is 6. The number of carboxylic acid groups (broad SMARTS) is 3. The van der Waals surface area contributed by atoms with Crippen molar-refractivity contribution in [3.8, 4) is 0 Å². The van der Waals surface area contributed by atoms with E-state index >= 15 is 0 Å². The van der Waals surface area contributed by atoms with Crippen LogP contribution in [0.25, 0.3) is 0 Å². The summed E-state index contributed by atoms with van der Waals surface area (Å²) in [7, 11) is 0. The first-order valence-corrected chi connectivity index (χ1v) is 11.5. The van der Waals surface area contributed by atoms with Crippen molar-refractivity contribution in [1.29, 1.82) is 0 Å². The molecule has 0 aliphatic carbocycles. The Morgan fingerprint density at radius 2 is 0.688 bits per heavy atom. The molecule has 6 nitrogen and oxygen atoms in total. The zero-order chi connectivity index (χ0) is 23.9. The van der Waals surface area contributed by atoms with E-state index in [0.717, 1.165) is 57.8 Å². The number of carboxylic acids is 3. The van der Waals surface area contributed by atoms with Gasteiger partial charge < -0.3 is 29.7 Å². The minimum absolute atomic E-state index is 0. The number of unbranched alkanes of at least 4 members (excludes halogenated alkanes) is 3. The predicted molar refractivity (Wildman–Crippen MR) is 115 cm³/mol. The molecule has 0 aliphatic heterocycles. The van der Waals surface area contributed by atoms with Gasteiger partial charge in [-0.25, -0.2) is 0 Å². The summed E-state index contributed by atoms with van der Waals surface area (Å²) in [4.78, 5) is 29.8. The normalized spacial score (nSPS) is 9.66. The quantitative estimate of drug-likeness (QED) is 0.220. The summed E-state index contributed by atoms with van der Waals surface area (Å²) in [6, 6.07) is 0. The molecule has 0 bridgehead atoms. The molecule has 0 saturated carbocycles. The largest absolute Gasteiger partial charge is 2.00 e. The first-order valence-electron chi connectivity index (χ1n) is 11.5. The van der Waals surface area contributed by atoms with Crippen LogP contribution in [0.5, 0.6) is 0 Å². The second-order valence-corrected chi connectivity index (χ2v) is 9.03. The van der Waals surface area contributed by atoms with E-state index in [-0.39, 0.29) is 68.3 Å². The Bertz CT molecular complexity index is 367. The monoisotopic (exact) mass is 516 g/mol. The minimum Gasteiger partial charge on any atom is -0.550 e. The molecule has 0 aromatic rings. The van der Waals surface area contributed by atoms with E-state index in [1.807, 2.05) is 0 Å². The molecule has 0 heterocycles. The van der Waals surface area contributed by atoms with E-state index in [4.69, 9.17) is 0 Å². The maximum absolute atomic E-state index is 9.93. The van der Waals surface area contributed by atoms with Crippen LogP contribution in [-0.4, -0.2) is 17.9 Å². The Morgan fingerprint density at radius 3 is 0.812 bits per heavy atom. The molecule has 8 heteroatoms. The second kappa shape index (κ2) is 31.0. The molecule has 0 N–H and O–H groups in total. The van der Waals surface area contributed by atoms with Crippen LogP contribution in [0.3, 0.4) is 0 Å². The zero-order valence-corrected chi connectivity index (χ0v) is 26.8. The van der Waals surface area contributed by atoms with E-state index < -0.39 is 17.9 Å². The van der Waals surface area contributed by atoms with Crippen molar-refractivity contribution in [2.45, 2.75) is 119 Å². The topological polar surface area (TPSA) is 120 Å². The maximum Gasteiger partial charge on any atom is 2.00 e. The fourth-order valence-electron chi connectivity index (χ4n) is 2.47. The fraction of sp³-hybridized carbons (Fsp3) is 0.875. The number of hydrogen-bond donors (Lipinski definition) is 0. The van der Waals surface area contributed by atoms with Crippen molar-refractivity contribution in [2.24, 2.45) is 17.8 Å². The maximum atomic E-state index is 9.93. The Morgan fingerprint density at radius 1 is 0.500 bits per heavy atom. The molecule has 0 spiro atoms. The molecule has 0 atom stereocenters. The summed E-state index contributed by atoms with van der Waals surface area (Å²) < 4.78 is 0. The van der Waals surface area contributed by atoms with E-state index in [0.29, 0.717) is 17.8 Å². The third-order valence-corrected chi connectivity index (χ3v) is 4.24. The van der Waals surface area contributed by atoms with Crippen LogP contribution in [-0.2, 0) is 33.9 Å². The molecule has 0 saturated heterocycles. The van der Waals surface area contributed by atoms with Gasteiger partial charge >= 0.3 is 49.0 Å². The van der Waals surface area contributed by atoms with Gasteiger partial charge in [0, 0.05) is 17.9 Å². The van der Waals surface area contributed by atoms with Gasteiger partial charge in [0.25, 0.3) is 0 Å². The second-order valence-electron chi connectivity index (χ2n) is 9.03. The molecular weight excluding hydrogens is 473 g/mol. The molecular formula is C24H45NaO6Zn. The van der Waals surface area contributed by atoms with Gasteiger partial charge in [0.15, 0.2) is 0 Å². The summed E-state index contributed by atoms with van der Waals surface area (Å²) in [5.74, 6) is -0.735. The summed E-state index contributed by atoms with van der Waals surface area (Å²) >= 11 is 0. The van der Waals surface area contributed by atoms with Crippen LogP contribution in [0.15, 0.2) is 0 Å². The third-order valence-electron chi connectivity index (χ3n) is 4.24. The minimum atomic E-state index is -0.927. The fourth-order valence-corrected chi connectivity index (χ4v) is 2.47. The molecule has 0 radical (unpaired) electrons. The molecule has 0 aromatic heterocycles. The van der Waals surface area contributed by atoms with Crippen LogP contribution >= 0.6 is 0 Å². The third kappa shape index (κ3) is 57.2. The van der Waals surface area contributed by atoms with Crippen LogP contribution < -0.4 is 44.9 Å². The number of aliphatic carboxylic acids is 3. The molecule has 0 unspecified atom stereocenters. The summed E-state index contributed by atoms with van der Waals surface area (Å²) in [6.45, 7) is 12.8.